The van der Waals surface area contributed by atoms with Crippen LogP contribution in [0, 0.1) is 0 Å². The van der Waals surface area contributed by atoms with Crippen LogP contribution in [0.15, 0.2) is 134 Å². The van der Waals surface area contributed by atoms with E-state index in [1.165, 1.54) is 38.5 Å². The third kappa shape index (κ3) is 48.7. The van der Waals surface area contributed by atoms with Gasteiger partial charge in [-0.15, -0.1) is 0 Å². The number of carbonyl (C=O) groups excluding carboxylic acids is 2. The van der Waals surface area contributed by atoms with Crippen molar-refractivity contribution in [1.82, 2.24) is 0 Å². The average Bonchev–Trinajstić information content (AvgIpc) is 3.27. The van der Waals surface area contributed by atoms with Gasteiger partial charge in [0.2, 0.25) is 0 Å². The fourth-order valence-corrected chi connectivity index (χ4v) is 6.09. The van der Waals surface area contributed by atoms with Crippen molar-refractivity contribution in [2.45, 2.75) is 194 Å². The minimum absolute atomic E-state index is 0.0236. The number of allylic oxidation sites excluding steroid dienone is 22. The zero-order valence-electron chi connectivity index (χ0n) is 39.8. The first-order chi connectivity index (χ1) is 30.6. The summed E-state index contributed by atoms with van der Waals surface area (Å²) in [5.41, 5.74) is 0. The lowest BCUT2D eigenvalue weighted by atomic mass is 10.1. The van der Waals surface area contributed by atoms with Crippen molar-refractivity contribution in [2.24, 2.45) is 0 Å². The highest BCUT2D eigenvalue weighted by atomic mass is 16.6. The molecule has 5 heteroatoms. The molecule has 0 amide bonds. The molecule has 5 nitrogen and oxygen atoms in total. The predicted octanol–water partition coefficient (Wildman–Crippen LogP) is 16.8. The van der Waals surface area contributed by atoms with Crippen molar-refractivity contribution in [1.29, 1.82) is 0 Å². The molecule has 0 bridgehead atoms. The summed E-state index contributed by atoms with van der Waals surface area (Å²) in [4.78, 5) is 25.3. The number of hydrogen-bond acceptors (Lipinski definition) is 5. The van der Waals surface area contributed by atoms with Crippen LogP contribution >= 0.6 is 0 Å². The summed E-state index contributed by atoms with van der Waals surface area (Å²) in [7, 11) is 0. The third-order valence-corrected chi connectivity index (χ3v) is 9.70. The zero-order chi connectivity index (χ0) is 44.9. The monoisotopic (exact) mass is 855 g/mol. The van der Waals surface area contributed by atoms with Crippen molar-refractivity contribution >= 4 is 11.9 Å². The standard InChI is InChI=1S/C57H90O5/c1-4-7-10-13-16-19-21-23-25-27-29-31-33-35-37-39-41-44-47-50-56(58)61-54-55(53-60-52-49-46-43-18-15-12-9-6-3)62-57(59)51-48-45-42-40-38-36-34-32-30-28-26-24-22-20-17-14-11-8-5-2/h7-8,10-11,16-17,19-20,23-26,29-32,35-38,41,44,55H,4-6,9,12-15,18,21-22,27-28,33-34,39-40,42-43,45-54H2,1-3H3/b10-7-,11-8-,19-16-,20-17-,25-23-,26-24-,31-29-,32-30-,37-35-,38-36-,44-41-. The van der Waals surface area contributed by atoms with Crippen LogP contribution < -0.4 is 0 Å². The quantitative estimate of drug-likeness (QED) is 0.0347. The Hall–Kier alpha value is -3.96. The van der Waals surface area contributed by atoms with Crippen LogP contribution in [0.2, 0.25) is 0 Å². The summed E-state index contributed by atoms with van der Waals surface area (Å²) >= 11 is 0. The second-order valence-corrected chi connectivity index (χ2v) is 15.6. The smallest absolute Gasteiger partial charge is 0.306 e. The molecule has 0 aliphatic carbocycles. The molecular weight excluding hydrogens is 765 g/mol. The molecule has 0 saturated carbocycles. The Labute approximate surface area is 381 Å². The van der Waals surface area contributed by atoms with Gasteiger partial charge >= 0.3 is 11.9 Å². The number of ether oxygens (including phenoxy) is 3. The fraction of sp³-hybridized carbons (Fsp3) is 0.579. The highest BCUT2D eigenvalue weighted by Gasteiger charge is 2.17. The van der Waals surface area contributed by atoms with Crippen LogP contribution in [-0.2, 0) is 23.8 Å². The topological polar surface area (TPSA) is 61.8 Å². The molecule has 0 fully saturated rings. The van der Waals surface area contributed by atoms with Crippen LogP contribution in [0.1, 0.15) is 188 Å². The van der Waals surface area contributed by atoms with Crippen LogP contribution in [-0.4, -0.2) is 37.9 Å². The molecule has 1 unspecified atom stereocenters. The molecule has 62 heavy (non-hydrogen) atoms. The summed E-state index contributed by atoms with van der Waals surface area (Å²) in [6.45, 7) is 7.44. The number of carbonyl (C=O) groups is 2. The summed E-state index contributed by atoms with van der Waals surface area (Å²) in [5.74, 6) is -0.543. The minimum Gasteiger partial charge on any atom is -0.462 e. The van der Waals surface area contributed by atoms with Gasteiger partial charge in [-0.2, -0.15) is 0 Å². The molecular formula is C57H90O5. The fourth-order valence-electron chi connectivity index (χ4n) is 6.09. The van der Waals surface area contributed by atoms with E-state index in [1.54, 1.807) is 0 Å². The first-order valence-corrected chi connectivity index (χ1v) is 24.7. The molecule has 0 heterocycles. The van der Waals surface area contributed by atoms with Gasteiger partial charge in [0.05, 0.1) is 6.61 Å². The van der Waals surface area contributed by atoms with Gasteiger partial charge in [-0.3, -0.25) is 9.59 Å². The first-order valence-electron chi connectivity index (χ1n) is 24.7. The van der Waals surface area contributed by atoms with Crippen molar-refractivity contribution in [3.8, 4) is 0 Å². The Morgan fingerprint density at radius 3 is 1.21 bits per heavy atom. The van der Waals surface area contributed by atoms with E-state index in [-0.39, 0.29) is 25.2 Å². The molecule has 0 aromatic carbocycles. The van der Waals surface area contributed by atoms with Gasteiger partial charge in [0, 0.05) is 19.4 Å². The zero-order valence-corrected chi connectivity index (χ0v) is 39.8. The maximum Gasteiger partial charge on any atom is 0.306 e. The normalized spacial score (nSPS) is 13.4. The second kappa shape index (κ2) is 51.4. The van der Waals surface area contributed by atoms with Gasteiger partial charge < -0.3 is 14.2 Å². The van der Waals surface area contributed by atoms with Crippen molar-refractivity contribution in [3.63, 3.8) is 0 Å². The van der Waals surface area contributed by atoms with Crippen LogP contribution in [0.5, 0.6) is 0 Å². The third-order valence-electron chi connectivity index (χ3n) is 9.70. The van der Waals surface area contributed by atoms with E-state index >= 15 is 0 Å². The SMILES string of the molecule is CC/C=C\C/C=C\C/C=C\C/C=C\C/C=C\C/C=C\CCC(=O)OCC(COCCCCCCCCCC)OC(=O)CCCCC/C=C\C/C=C\C/C=C\C/C=C\C/C=C\CC. The van der Waals surface area contributed by atoms with E-state index in [9.17, 15) is 9.59 Å². The molecule has 0 aliphatic rings. The summed E-state index contributed by atoms with van der Waals surface area (Å²) in [5, 5.41) is 0. The molecule has 0 spiro atoms. The van der Waals surface area contributed by atoms with E-state index in [0.717, 1.165) is 109 Å². The Kier molecular flexibility index (Phi) is 48.1. The average molecular weight is 855 g/mol. The molecule has 1 atom stereocenters. The maximum atomic E-state index is 12.7. The Morgan fingerprint density at radius 1 is 0.371 bits per heavy atom. The number of rotatable bonds is 43. The largest absolute Gasteiger partial charge is 0.462 e. The van der Waals surface area contributed by atoms with Gasteiger partial charge in [0.15, 0.2) is 6.10 Å². The van der Waals surface area contributed by atoms with Gasteiger partial charge in [-0.05, 0) is 103 Å². The molecule has 0 aliphatic heterocycles. The minimum atomic E-state index is -0.590. The van der Waals surface area contributed by atoms with E-state index in [0.29, 0.717) is 25.9 Å². The van der Waals surface area contributed by atoms with Gasteiger partial charge in [0.1, 0.15) is 6.61 Å². The molecule has 0 rings (SSSR count). The van der Waals surface area contributed by atoms with Crippen molar-refractivity contribution < 1.29 is 23.8 Å². The van der Waals surface area contributed by atoms with E-state index in [2.05, 4.69) is 148 Å². The number of unbranched alkanes of at least 4 members (excludes halogenated alkanes) is 10. The number of esters is 2. The maximum absolute atomic E-state index is 12.7. The second-order valence-electron chi connectivity index (χ2n) is 15.6. The summed E-state index contributed by atoms with van der Waals surface area (Å²) in [6.07, 6.45) is 73.3. The summed E-state index contributed by atoms with van der Waals surface area (Å²) < 4.78 is 17.2. The van der Waals surface area contributed by atoms with Gasteiger partial charge in [-0.25, -0.2) is 0 Å². The van der Waals surface area contributed by atoms with E-state index in [1.807, 2.05) is 6.08 Å². The van der Waals surface area contributed by atoms with Crippen molar-refractivity contribution in [3.05, 3.63) is 134 Å². The van der Waals surface area contributed by atoms with E-state index in [4.69, 9.17) is 14.2 Å². The molecule has 0 aromatic rings. The van der Waals surface area contributed by atoms with Gasteiger partial charge in [0.25, 0.3) is 0 Å². The van der Waals surface area contributed by atoms with E-state index < -0.39 is 6.10 Å². The summed E-state index contributed by atoms with van der Waals surface area (Å²) in [6, 6.07) is 0. The Bertz CT molecular complexity index is 1330. The Balaban J connectivity index is 4.39. The van der Waals surface area contributed by atoms with Crippen LogP contribution in [0.4, 0.5) is 0 Å². The van der Waals surface area contributed by atoms with Crippen LogP contribution in [0.25, 0.3) is 0 Å². The molecule has 0 N–H and O–H groups in total. The molecule has 348 valence electrons. The van der Waals surface area contributed by atoms with Gasteiger partial charge in [-0.1, -0.05) is 206 Å². The predicted molar refractivity (Wildman–Crippen MR) is 269 cm³/mol. The lowest BCUT2D eigenvalue weighted by molar-refractivity contribution is -0.162. The molecule has 0 saturated heterocycles. The number of hydrogen-bond donors (Lipinski definition) is 0. The Morgan fingerprint density at radius 2 is 0.758 bits per heavy atom. The van der Waals surface area contributed by atoms with Crippen LogP contribution in [0.3, 0.4) is 0 Å². The lowest BCUT2D eigenvalue weighted by Gasteiger charge is -2.18. The molecule has 0 aromatic heterocycles. The highest BCUT2D eigenvalue weighted by Crippen LogP contribution is 2.11. The molecule has 0 radical (unpaired) electrons. The first kappa shape index (κ1) is 58.0. The lowest BCUT2D eigenvalue weighted by Crippen LogP contribution is -2.30. The highest BCUT2D eigenvalue weighted by molar-refractivity contribution is 5.70. The van der Waals surface area contributed by atoms with Crippen molar-refractivity contribution in [2.75, 3.05) is 19.8 Å².